The summed E-state index contributed by atoms with van der Waals surface area (Å²) >= 11 is 0. The Labute approximate surface area is 97.5 Å². The van der Waals surface area contributed by atoms with E-state index >= 15 is 0 Å². The predicted octanol–water partition coefficient (Wildman–Crippen LogP) is 3.64. The summed E-state index contributed by atoms with van der Waals surface area (Å²) in [6.45, 7) is 4.79. The number of aromatic hydroxyl groups is 1. The molecule has 0 spiro atoms. The van der Waals surface area contributed by atoms with E-state index in [2.05, 4.69) is 19.9 Å². The zero-order valence-corrected chi connectivity index (χ0v) is 10.2. The number of hydrogen-bond acceptors (Lipinski definition) is 1. The molecule has 0 heterocycles. The van der Waals surface area contributed by atoms with Crippen LogP contribution in [-0.4, -0.2) is 5.11 Å². The van der Waals surface area contributed by atoms with Gasteiger partial charge in [-0.2, -0.15) is 0 Å². The SMILES string of the molecule is C[C@H]1[C@@H]2CCC[C@]1(C)c1cc(O)ccc1C2. The first-order valence-electron chi connectivity index (χ1n) is 6.43. The van der Waals surface area contributed by atoms with E-state index in [1.165, 1.54) is 36.8 Å². The molecule has 0 aromatic heterocycles. The molecular formula is C15H20O. The van der Waals surface area contributed by atoms with Gasteiger partial charge in [0, 0.05) is 0 Å². The normalized spacial score (nSPS) is 36.9. The minimum absolute atomic E-state index is 0.301. The van der Waals surface area contributed by atoms with Crippen LogP contribution < -0.4 is 0 Å². The summed E-state index contributed by atoms with van der Waals surface area (Å²) in [5, 5.41) is 9.69. The summed E-state index contributed by atoms with van der Waals surface area (Å²) in [5.41, 5.74) is 3.19. The second kappa shape index (κ2) is 3.26. The van der Waals surface area contributed by atoms with Gasteiger partial charge in [0.05, 0.1) is 0 Å². The molecule has 2 bridgehead atoms. The van der Waals surface area contributed by atoms with Crippen LogP contribution in [-0.2, 0) is 11.8 Å². The molecule has 0 radical (unpaired) electrons. The van der Waals surface area contributed by atoms with E-state index in [9.17, 15) is 5.11 Å². The maximum Gasteiger partial charge on any atom is 0.115 e. The van der Waals surface area contributed by atoms with Gasteiger partial charge in [0.1, 0.15) is 5.75 Å². The van der Waals surface area contributed by atoms with Crippen molar-refractivity contribution >= 4 is 0 Å². The zero-order chi connectivity index (χ0) is 11.3. The van der Waals surface area contributed by atoms with E-state index in [0.717, 1.165) is 11.8 Å². The largest absolute Gasteiger partial charge is 0.508 e. The Morgan fingerprint density at radius 1 is 1.38 bits per heavy atom. The van der Waals surface area contributed by atoms with Gasteiger partial charge in [-0.1, -0.05) is 26.3 Å². The topological polar surface area (TPSA) is 20.2 Å². The second-order valence-corrected chi connectivity index (χ2v) is 5.90. The number of phenolic OH excluding ortho intramolecular Hbond substituents is 1. The Morgan fingerprint density at radius 3 is 3.00 bits per heavy atom. The van der Waals surface area contributed by atoms with Crippen LogP contribution in [0.1, 0.15) is 44.2 Å². The molecule has 1 aromatic carbocycles. The third-order valence-corrected chi connectivity index (χ3v) is 5.17. The average Bonchev–Trinajstić information content (AvgIpc) is 2.25. The standard InChI is InChI=1S/C15H20O/c1-10-11-4-3-7-15(10,2)14-9-13(16)6-5-12(14)8-11/h5-6,9-11,16H,3-4,7-8H2,1-2H3/t10-,11+,15-/m0/s1. The highest BCUT2D eigenvalue weighted by molar-refractivity contribution is 5.43. The van der Waals surface area contributed by atoms with Crippen molar-refractivity contribution in [2.45, 2.75) is 44.9 Å². The molecule has 1 fully saturated rings. The zero-order valence-electron chi connectivity index (χ0n) is 10.2. The molecule has 3 atom stereocenters. The van der Waals surface area contributed by atoms with E-state index in [1.54, 1.807) is 0 Å². The summed E-state index contributed by atoms with van der Waals surface area (Å²) in [4.78, 5) is 0. The number of rotatable bonds is 0. The van der Waals surface area contributed by atoms with Crippen LogP contribution in [0.3, 0.4) is 0 Å². The Kier molecular flexibility index (Phi) is 2.07. The van der Waals surface area contributed by atoms with E-state index in [-0.39, 0.29) is 0 Å². The van der Waals surface area contributed by atoms with Crippen LogP contribution >= 0.6 is 0 Å². The molecule has 0 aliphatic heterocycles. The fraction of sp³-hybridized carbons (Fsp3) is 0.600. The first-order valence-corrected chi connectivity index (χ1v) is 6.43. The number of phenols is 1. The van der Waals surface area contributed by atoms with E-state index < -0.39 is 0 Å². The minimum atomic E-state index is 0.301. The molecule has 86 valence electrons. The molecule has 1 N–H and O–H groups in total. The molecule has 1 heteroatoms. The lowest BCUT2D eigenvalue weighted by atomic mass is 9.55. The Balaban J connectivity index is 2.18. The number of hydrogen-bond donors (Lipinski definition) is 1. The minimum Gasteiger partial charge on any atom is -0.508 e. The smallest absolute Gasteiger partial charge is 0.115 e. The van der Waals surface area contributed by atoms with Gasteiger partial charge in [0.2, 0.25) is 0 Å². The number of benzene rings is 1. The highest BCUT2D eigenvalue weighted by Gasteiger charge is 2.45. The molecule has 1 nitrogen and oxygen atoms in total. The highest BCUT2D eigenvalue weighted by Crippen LogP contribution is 2.52. The predicted molar refractivity (Wildman–Crippen MR) is 65.7 cm³/mol. The Morgan fingerprint density at radius 2 is 2.19 bits per heavy atom. The summed E-state index contributed by atoms with van der Waals surface area (Å²) < 4.78 is 0. The fourth-order valence-electron chi connectivity index (χ4n) is 3.94. The lowest BCUT2D eigenvalue weighted by Crippen LogP contribution is -2.44. The van der Waals surface area contributed by atoms with Gasteiger partial charge in [-0.05, 0) is 59.8 Å². The van der Waals surface area contributed by atoms with Gasteiger partial charge in [0.15, 0.2) is 0 Å². The van der Waals surface area contributed by atoms with Gasteiger partial charge < -0.3 is 5.11 Å². The van der Waals surface area contributed by atoms with Gasteiger partial charge in [-0.15, -0.1) is 0 Å². The van der Waals surface area contributed by atoms with Crippen molar-refractivity contribution in [3.63, 3.8) is 0 Å². The lowest BCUT2D eigenvalue weighted by molar-refractivity contribution is 0.124. The summed E-state index contributed by atoms with van der Waals surface area (Å²) in [6.07, 6.45) is 5.23. The van der Waals surface area contributed by atoms with E-state index in [0.29, 0.717) is 11.2 Å². The molecule has 1 saturated carbocycles. The van der Waals surface area contributed by atoms with Gasteiger partial charge in [-0.3, -0.25) is 0 Å². The number of fused-ring (bicyclic) bond motifs is 4. The van der Waals surface area contributed by atoms with E-state index in [1.807, 2.05) is 12.1 Å². The molecule has 0 saturated heterocycles. The summed E-state index contributed by atoms with van der Waals surface area (Å²) in [5.74, 6) is 2.04. The monoisotopic (exact) mass is 216 g/mol. The van der Waals surface area contributed by atoms with Gasteiger partial charge in [-0.25, -0.2) is 0 Å². The van der Waals surface area contributed by atoms with Crippen molar-refractivity contribution in [1.82, 2.24) is 0 Å². The summed E-state index contributed by atoms with van der Waals surface area (Å²) in [6, 6.07) is 5.98. The quantitative estimate of drug-likeness (QED) is 0.702. The van der Waals surface area contributed by atoms with Gasteiger partial charge >= 0.3 is 0 Å². The first-order chi connectivity index (χ1) is 7.61. The Bertz CT molecular complexity index is 423. The van der Waals surface area contributed by atoms with E-state index in [4.69, 9.17) is 0 Å². The molecule has 2 aliphatic rings. The lowest BCUT2D eigenvalue weighted by Gasteiger charge is -2.50. The van der Waals surface area contributed by atoms with Crippen LogP contribution in [0.25, 0.3) is 0 Å². The van der Waals surface area contributed by atoms with Gasteiger partial charge in [0.25, 0.3) is 0 Å². The van der Waals surface area contributed by atoms with Crippen LogP contribution in [0.5, 0.6) is 5.75 Å². The molecule has 1 aromatic rings. The highest BCUT2D eigenvalue weighted by atomic mass is 16.3. The molecule has 2 aliphatic carbocycles. The van der Waals surface area contributed by atoms with Crippen LogP contribution in [0.2, 0.25) is 0 Å². The van der Waals surface area contributed by atoms with Crippen LogP contribution in [0, 0.1) is 11.8 Å². The van der Waals surface area contributed by atoms with Crippen molar-refractivity contribution in [2.24, 2.45) is 11.8 Å². The maximum absolute atomic E-state index is 9.69. The third-order valence-electron chi connectivity index (χ3n) is 5.17. The molecule has 0 amide bonds. The van der Waals surface area contributed by atoms with Crippen molar-refractivity contribution in [3.8, 4) is 5.75 Å². The van der Waals surface area contributed by atoms with Crippen LogP contribution in [0.15, 0.2) is 18.2 Å². The molecule has 16 heavy (non-hydrogen) atoms. The first kappa shape index (κ1) is 10.2. The Hall–Kier alpha value is -0.980. The maximum atomic E-state index is 9.69. The van der Waals surface area contributed by atoms with Crippen molar-refractivity contribution < 1.29 is 5.11 Å². The second-order valence-electron chi connectivity index (χ2n) is 5.90. The summed E-state index contributed by atoms with van der Waals surface area (Å²) in [7, 11) is 0. The molecule has 0 unspecified atom stereocenters. The van der Waals surface area contributed by atoms with Crippen molar-refractivity contribution in [1.29, 1.82) is 0 Å². The molecular weight excluding hydrogens is 196 g/mol. The van der Waals surface area contributed by atoms with Crippen molar-refractivity contribution in [2.75, 3.05) is 0 Å². The van der Waals surface area contributed by atoms with Crippen LogP contribution in [0.4, 0.5) is 0 Å². The van der Waals surface area contributed by atoms with Crippen molar-refractivity contribution in [3.05, 3.63) is 29.3 Å². The molecule has 3 rings (SSSR count). The third kappa shape index (κ3) is 1.24. The fourth-order valence-corrected chi connectivity index (χ4v) is 3.94. The average molecular weight is 216 g/mol.